The van der Waals surface area contributed by atoms with Crippen molar-refractivity contribution < 1.29 is 9.59 Å². The van der Waals surface area contributed by atoms with Crippen LogP contribution >= 0.6 is 0 Å². The van der Waals surface area contributed by atoms with Gasteiger partial charge in [-0.05, 0) is 24.6 Å². The Hall–Kier alpha value is -2.73. The van der Waals surface area contributed by atoms with E-state index < -0.39 is 0 Å². The predicted molar refractivity (Wildman–Crippen MR) is 92.0 cm³/mol. The number of hydrogen-bond donors (Lipinski definition) is 3. The van der Waals surface area contributed by atoms with E-state index in [1.165, 1.54) is 0 Å². The molecule has 0 saturated heterocycles. The maximum absolute atomic E-state index is 12.0. The fourth-order valence-corrected chi connectivity index (χ4v) is 2.17. The highest BCUT2D eigenvalue weighted by Gasteiger charge is 2.30. The van der Waals surface area contributed by atoms with Crippen LogP contribution in [0.5, 0.6) is 0 Å². The molecule has 23 heavy (non-hydrogen) atoms. The molecule has 1 aliphatic rings. The van der Waals surface area contributed by atoms with Crippen LogP contribution in [0.3, 0.4) is 0 Å². The molecule has 1 atom stereocenters. The lowest BCUT2D eigenvalue weighted by Gasteiger charge is -2.13. The Morgan fingerprint density at radius 1 is 1.13 bits per heavy atom. The van der Waals surface area contributed by atoms with Gasteiger partial charge < -0.3 is 15.5 Å². The molecule has 1 aliphatic heterocycles. The topological polar surface area (TPSA) is 83.1 Å². The van der Waals surface area contributed by atoms with E-state index in [1.807, 2.05) is 57.9 Å². The minimum Gasteiger partial charge on any atom is -0.324 e. The number of benzene rings is 1. The Morgan fingerprint density at radius 3 is 2.43 bits per heavy atom. The molecule has 0 saturated carbocycles. The first kappa shape index (κ1) is 18.3. The predicted octanol–water partition coefficient (Wildman–Crippen LogP) is 2.84. The Bertz CT molecular complexity index is 632. The standard InChI is InChI=1S/C14H14N4O.C2H6.CH2O/c1-9-3-2-4-11-12(9)16-14(19)13(11)18-17-10-5-7-15-8-6-10;2*1-2/h2-8,13,18H,1H3,(H,15,17)(H,16,19);1-2H3;1H2. The summed E-state index contributed by atoms with van der Waals surface area (Å²) >= 11 is 0. The summed E-state index contributed by atoms with van der Waals surface area (Å²) in [5.74, 6) is -0.0501. The van der Waals surface area contributed by atoms with E-state index in [1.54, 1.807) is 12.4 Å². The summed E-state index contributed by atoms with van der Waals surface area (Å²) in [5, 5.41) is 2.90. The van der Waals surface area contributed by atoms with Gasteiger partial charge in [-0.3, -0.25) is 9.78 Å². The van der Waals surface area contributed by atoms with Crippen LogP contribution in [0.2, 0.25) is 0 Å². The van der Waals surface area contributed by atoms with E-state index in [0.717, 1.165) is 22.5 Å². The van der Waals surface area contributed by atoms with Crippen molar-refractivity contribution in [2.75, 3.05) is 10.7 Å². The van der Waals surface area contributed by atoms with Gasteiger partial charge in [-0.25, -0.2) is 5.43 Å². The number of carbonyl (C=O) groups excluding carboxylic acids is 2. The number of hydrazine groups is 1. The Labute approximate surface area is 136 Å². The SMILES string of the molecule is C=O.CC.Cc1cccc2c1NC(=O)C2NNc1ccncc1. The second-order valence-electron chi connectivity index (χ2n) is 4.47. The highest BCUT2D eigenvalue weighted by atomic mass is 16.2. The van der Waals surface area contributed by atoms with Gasteiger partial charge in [-0.1, -0.05) is 32.0 Å². The van der Waals surface area contributed by atoms with Crippen LogP contribution in [0.25, 0.3) is 0 Å². The van der Waals surface area contributed by atoms with Gasteiger partial charge in [-0.2, -0.15) is 0 Å². The third kappa shape index (κ3) is 4.37. The van der Waals surface area contributed by atoms with Crippen LogP contribution in [-0.4, -0.2) is 17.7 Å². The Balaban J connectivity index is 0.000000615. The third-order valence-corrected chi connectivity index (χ3v) is 3.17. The van der Waals surface area contributed by atoms with Crippen molar-refractivity contribution in [3.8, 4) is 0 Å². The van der Waals surface area contributed by atoms with E-state index in [2.05, 4.69) is 21.2 Å². The zero-order valence-electron chi connectivity index (χ0n) is 13.6. The number of para-hydroxylation sites is 1. The summed E-state index contributed by atoms with van der Waals surface area (Å²) in [4.78, 5) is 23.9. The highest BCUT2D eigenvalue weighted by molar-refractivity contribution is 6.03. The molecule has 0 bridgehead atoms. The van der Waals surface area contributed by atoms with Gasteiger partial charge in [-0.15, -0.1) is 0 Å². The number of carbonyl (C=O) groups is 2. The summed E-state index contributed by atoms with van der Waals surface area (Å²) in [6.45, 7) is 7.98. The first-order valence-electron chi connectivity index (χ1n) is 7.36. The van der Waals surface area contributed by atoms with Crippen LogP contribution in [-0.2, 0) is 9.59 Å². The summed E-state index contributed by atoms with van der Waals surface area (Å²) < 4.78 is 0. The largest absolute Gasteiger partial charge is 0.324 e. The molecule has 1 unspecified atom stereocenters. The second kappa shape index (κ2) is 9.32. The van der Waals surface area contributed by atoms with Crippen molar-refractivity contribution in [3.05, 3.63) is 53.9 Å². The molecule has 2 heterocycles. The molecule has 1 amide bonds. The van der Waals surface area contributed by atoms with Crippen LogP contribution in [0.4, 0.5) is 11.4 Å². The first-order valence-corrected chi connectivity index (χ1v) is 7.36. The number of nitrogens with zero attached hydrogens (tertiary/aromatic N) is 1. The van der Waals surface area contributed by atoms with Gasteiger partial charge in [0, 0.05) is 23.6 Å². The average molecular weight is 314 g/mol. The molecule has 122 valence electrons. The van der Waals surface area contributed by atoms with Crippen molar-refractivity contribution in [2.24, 2.45) is 0 Å². The lowest BCUT2D eigenvalue weighted by molar-refractivity contribution is -0.117. The number of pyridine rings is 1. The molecule has 0 spiro atoms. The summed E-state index contributed by atoms with van der Waals surface area (Å²) in [7, 11) is 0. The summed E-state index contributed by atoms with van der Waals surface area (Å²) in [5.41, 5.74) is 9.87. The van der Waals surface area contributed by atoms with Crippen molar-refractivity contribution >= 4 is 24.1 Å². The van der Waals surface area contributed by atoms with Gasteiger partial charge in [0.25, 0.3) is 0 Å². The van der Waals surface area contributed by atoms with Crippen molar-refractivity contribution in [3.63, 3.8) is 0 Å². The molecule has 3 rings (SSSR count). The van der Waals surface area contributed by atoms with E-state index in [9.17, 15) is 4.79 Å². The number of hydrogen-bond acceptors (Lipinski definition) is 5. The quantitative estimate of drug-likeness (QED) is 0.759. The summed E-state index contributed by atoms with van der Waals surface area (Å²) in [6, 6.07) is 9.16. The van der Waals surface area contributed by atoms with Gasteiger partial charge in [0.05, 0.1) is 5.69 Å². The number of fused-ring (bicyclic) bond motifs is 1. The molecule has 6 nitrogen and oxygen atoms in total. The molecular formula is C17H22N4O2. The van der Waals surface area contributed by atoms with Gasteiger partial charge >= 0.3 is 0 Å². The third-order valence-electron chi connectivity index (χ3n) is 3.17. The highest BCUT2D eigenvalue weighted by Crippen LogP contribution is 2.33. The monoisotopic (exact) mass is 314 g/mol. The van der Waals surface area contributed by atoms with Crippen LogP contribution < -0.4 is 16.2 Å². The minimum atomic E-state index is -0.386. The van der Waals surface area contributed by atoms with Crippen LogP contribution in [0.1, 0.15) is 31.0 Å². The molecule has 0 fully saturated rings. The zero-order valence-corrected chi connectivity index (χ0v) is 13.6. The minimum absolute atomic E-state index is 0.0501. The molecule has 0 aliphatic carbocycles. The van der Waals surface area contributed by atoms with Gasteiger partial charge in [0.15, 0.2) is 0 Å². The number of anilines is 2. The van der Waals surface area contributed by atoms with E-state index >= 15 is 0 Å². The summed E-state index contributed by atoms with van der Waals surface area (Å²) in [6.07, 6.45) is 3.38. The number of amides is 1. The maximum Gasteiger partial charge on any atom is 0.247 e. The van der Waals surface area contributed by atoms with E-state index in [0.29, 0.717) is 0 Å². The molecular weight excluding hydrogens is 292 g/mol. The number of rotatable bonds is 3. The Morgan fingerprint density at radius 2 is 1.78 bits per heavy atom. The number of nitrogens with one attached hydrogen (secondary N) is 3. The second-order valence-corrected chi connectivity index (χ2v) is 4.47. The molecule has 1 aromatic heterocycles. The van der Waals surface area contributed by atoms with Crippen molar-refractivity contribution in [1.82, 2.24) is 10.4 Å². The normalized spacial score (nSPS) is 14.4. The molecule has 0 radical (unpaired) electrons. The molecule has 3 N–H and O–H groups in total. The van der Waals surface area contributed by atoms with Crippen molar-refractivity contribution in [2.45, 2.75) is 26.8 Å². The first-order chi connectivity index (χ1) is 11.3. The Kier molecular flexibility index (Phi) is 7.42. The smallest absolute Gasteiger partial charge is 0.247 e. The maximum atomic E-state index is 12.0. The average Bonchev–Trinajstić information content (AvgIpc) is 2.94. The zero-order chi connectivity index (χ0) is 17.2. The number of aromatic nitrogens is 1. The van der Waals surface area contributed by atoms with Crippen LogP contribution in [0.15, 0.2) is 42.7 Å². The molecule has 1 aromatic carbocycles. The fraction of sp³-hybridized carbons (Fsp3) is 0.235. The van der Waals surface area contributed by atoms with Gasteiger partial charge in [0.1, 0.15) is 12.8 Å². The van der Waals surface area contributed by atoms with E-state index in [-0.39, 0.29) is 11.9 Å². The molecule has 6 heteroatoms. The van der Waals surface area contributed by atoms with E-state index in [4.69, 9.17) is 4.79 Å². The fourth-order valence-electron chi connectivity index (χ4n) is 2.17. The lowest BCUT2D eigenvalue weighted by Crippen LogP contribution is -2.32. The number of aryl methyl sites for hydroxylation is 1. The van der Waals surface area contributed by atoms with Crippen molar-refractivity contribution in [1.29, 1.82) is 0 Å². The van der Waals surface area contributed by atoms with Crippen LogP contribution in [0, 0.1) is 6.92 Å². The lowest BCUT2D eigenvalue weighted by atomic mass is 10.1. The molecule has 2 aromatic rings. The van der Waals surface area contributed by atoms with Gasteiger partial charge in [0.2, 0.25) is 5.91 Å².